The number of benzene rings is 5. The second kappa shape index (κ2) is 14.2. The first kappa shape index (κ1) is 44.3. The second-order valence-electron chi connectivity index (χ2n) is 23.1. The molecular weight excluding hydrogens is 897 g/mol. The number of pyridine rings is 2. The van der Waals surface area contributed by atoms with E-state index in [0.29, 0.717) is 0 Å². The molecule has 6 heterocycles. The van der Waals surface area contributed by atoms with E-state index < -0.39 is 0 Å². The van der Waals surface area contributed by atoms with E-state index in [1.807, 2.05) is 12.4 Å². The molecule has 0 N–H and O–H groups in total. The van der Waals surface area contributed by atoms with Gasteiger partial charge in [-0.1, -0.05) is 174 Å². The van der Waals surface area contributed by atoms with Gasteiger partial charge in [0.2, 0.25) is 0 Å². The minimum absolute atomic E-state index is 0. The second-order valence-corrected chi connectivity index (χ2v) is 23.1. The van der Waals surface area contributed by atoms with E-state index in [1.165, 1.54) is 61.3 Å². The van der Waals surface area contributed by atoms with Crippen LogP contribution in [0.2, 0.25) is 0 Å². The number of fused-ring (bicyclic) bond motifs is 8. The van der Waals surface area contributed by atoms with Crippen molar-refractivity contribution in [2.24, 2.45) is 0 Å². The number of nitrogens with zero attached hydrogens (tertiary/aromatic N) is 5. The van der Waals surface area contributed by atoms with Crippen molar-refractivity contribution in [1.82, 2.24) is 9.97 Å². The molecule has 2 aromatic heterocycles. The van der Waals surface area contributed by atoms with Gasteiger partial charge in [0, 0.05) is 34.7 Å². The van der Waals surface area contributed by atoms with Crippen LogP contribution in [0, 0.1) is 12.1 Å². The number of rotatable bonds is 2. The van der Waals surface area contributed by atoms with Gasteiger partial charge in [-0.25, -0.2) is 9.97 Å². The van der Waals surface area contributed by atoms with Crippen molar-refractivity contribution in [2.75, 3.05) is 14.7 Å². The molecule has 336 valence electrons. The summed E-state index contributed by atoms with van der Waals surface area (Å²) in [5, 5.41) is 0. The maximum absolute atomic E-state index is 5.21. The maximum atomic E-state index is 5.21. The largest absolute Gasteiger partial charge is 2.00 e. The molecule has 0 spiro atoms. The number of hydrogen-bond donors (Lipinski definition) is 0. The van der Waals surface area contributed by atoms with E-state index >= 15 is 0 Å². The van der Waals surface area contributed by atoms with Crippen LogP contribution in [0.5, 0.6) is 0 Å². The predicted octanol–water partition coefficient (Wildman–Crippen LogP) is 15.6. The van der Waals surface area contributed by atoms with E-state index in [1.54, 1.807) is 0 Å². The molecular formula is C60H61N5Pd. The molecule has 7 aromatic rings. The molecule has 4 aliphatic heterocycles. The third-order valence-electron chi connectivity index (χ3n) is 15.6. The molecule has 0 atom stereocenters. The average molecular weight is 959 g/mol. The van der Waals surface area contributed by atoms with E-state index in [0.717, 1.165) is 45.8 Å². The van der Waals surface area contributed by atoms with Crippen LogP contribution >= 0.6 is 0 Å². The zero-order chi connectivity index (χ0) is 46.0. The molecule has 5 aromatic carbocycles. The SMILES string of the molecule is CC(C)(C)c1ccnc(N2c3[c-]c4c(cc3C(C)(C)c3ccccc32)C(C)(C)c2ccccc2N4c2[c-]c3c(cc2)C(C)(C)c2cc(C(C)(C)C)cc4c2N3c2ncccc2C4(C)C)c1.[Pd+2]. The fourth-order valence-electron chi connectivity index (χ4n) is 11.5. The summed E-state index contributed by atoms with van der Waals surface area (Å²) < 4.78 is 0. The molecule has 4 aliphatic rings. The maximum Gasteiger partial charge on any atom is 2.00 e. The molecule has 0 bridgehead atoms. The first-order valence-electron chi connectivity index (χ1n) is 23.4. The van der Waals surface area contributed by atoms with E-state index in [4.69, 9.17) is 9.97 Å². The summed E-state index contributed by atoms with van der Waals surface area (Å²) in [4.78, 5) is 17.5. The molecule has 0 fully saturated rings. The Morgan fingerprint density at radius 3 is 1.55 bits per heavy atom. The minimum atomic E-state index is -0.327. The molecule has 0 saturated carbocycles. The third-order valence-corrected chi connectivity index (χ3v) is 15.6. The van der Waals surface area contributed by atoms with Crippen LogP contribution in [0.3, 0.4) is 0 Å². The zero-order valence-corrected chi connectivity index (χ0v) is 42.6. The standard InChI is InChI=1S/C60H61N5.Pd/c1-55(2,3)36-27-29-61-52(32-36)64-48-24-18-16-21-40(48)58(9,10)44-34-43-50(35-51(44)64)63(47-23-17-15-20-39(47)57(43,7)8)38-25-26-41-49(33-38)65-53-45(59(41,11)12)30-37(56(4,5)6)31-46(53)60(13,14)42-22-19-28-62-54(42)65;/h15-32,34H,1-14H3;/q-2;+2. The summed E-state index contributed by atoms with van der Waals surface area (Å²) in [7, 11) is 0. The van der Waals surface area contributed by atoms with Crippen LogP contribution in [0.1, 0.15) is 153 Å². The van der Waals surface area contributed by atoms with Gasteiger partial charge in [-0.3, -0.25) is 0 Å². The smallest absolute Gasteiger partial charge is 0.358 e. The zero-order valence-electron chi connectivity index (χ0n) is 41.0. The van der Waals surface area contributed by atoms with Gasteiger partial charge in [0.05, 0.1) is 5.69 Å². The molecule has 0 radical (unpaired) electrons. The number of hydrogen-bond acceptors (Lipinski definition) is 5. The van der Waals surface area contributed by atoms with E-state index in [9.17, 15) is 0 Å². The fraction of sp³-hybridized carbons (Fsp3) is 0.333. The van der Waals surface area contributed by atoms with Crippen molar-refractivity contribution in [3.63, 3.8) is 0 Å². The Hall–Kier alpha value is -5.54. The van der Waals surface area contributed by atoms with Crippen LogP contribution in [0.15, 0.2) is 116 Å². The Balaban J connectivity index is 0.00000511. The van der Waals surface area contributed by atoms with Gasteiger partial charge in [0.15, 0.2) is 0 Å². The summed E-state index contributed by atoms with van der Waals surface area (Å²) in [6, 6.07) is 47.0. The quantitative estimate of drug-likeness (QED) is 0.127. The summed E-state index contributed by atoms with van der Waals surface area (Å²) in [6.45, 7) is 32.8. The summed E-state index contributed by atoms with van der Waals surface area (Å²) >= 11 is 0. The van der Waals surface area contributed by atoms with Gasteiger partial charge in [0.1, 0.15) is 11.6 Å². The van der Waals surface area contributed by atoms with Crippen molar-refractivity contribution in [1.29, 1.82) is 0 Å². The number of aromatic nitrogens is 2. The molecule has 0 aliphatic carbocycles. The number of para-hydroxylation sites is 2. The summed E-state index contributed by atoms with van der Waals surface area (Å²) in [5.74, 6) is 1.87. The summed E-state index contributed by atoms with van der Waals surface area (Å²) in [5.41, 5.74) is 19.0. The van der Waals surface area contributed by atoms with Gasteiger partial charge < -0.3 is 14.7 Å². The third kappa shape index (κ3) is 6.06. The molecule has 5 nitrogen and oxygen atoms in total. The fourth-order valence-corrected chi connectivity index (χ4v) is 11.5. The minimum Gasteiger partial charge on any atom is -0.358 e. The van der Waals surface area contributed by atoms with Gasteiger partial charge in [-0.05, 0) is 90.8 Å². The molecule has 6 heteroatoms. The molecule has 0 unspecified atom stereocenters. The molecule has 11 rings (SSSR count). The van der Waals surface area contributed by atoms with Crippen molar-refractivity contribution in [3.8, 4) is 0 Å². The Bertz CT molecular complexity index is 3140. The Morgan fingerprint density at radius 1 is 0.424 bits per heavy atom. The average Bonchev–Trinajstić information content (AvgIpc) is 3.25. The topological polar surface area (TPSA) is 35.5 Å². The first-order chi connectivity index (χ1) is 30.5. The Kier molecular flexibility index (Phi) is 9.56. The molecule has 0 amide bonds. The van der Waals surface area contributed by atoms with Crippen LogP contribution in [0.25, 0.3) is 0 Å². The van der Waals surface area contributed by atoms with Gasteiger partial charge in [0.25, 0.3) is 0 Å². The van der Waals surface area contributed by atoms with Crippen LogP contribution < -0.4 is 14.7 Å². The number of anilines is 9. The monoisotopic (exact) mass is 957 g/mol. The van der Waals surface area contributed by atoms with Crippen LogP contribution in [-0.4, -0.2) is 9.97 Å². The van der Waals surface area contributed by atoms with E-state index in [2.05, 4.69) is 227 Å². The molecule has 66 heavy (non-hydrogen) atoms. The van der Waals surface area contributed by atoms with Gasteiger partial charge >= 0.3 is 20.4 Å². The van der Waals surface area contributed by atoms with Crippen molar-refractivity contribution in [2.45, 2.75) is 129 Å². The van der Waals surface area contributed by atoms with E-state index in [-0.39, 0.29) is 52.9 Å². The van der Waals surface area contributed by atoms with Crippen LogP contribution in [-0.2, 0) is 52.9 Å². The summed E-state index contributed by atoms with van der Waals surface area (Å²) in [6.07, 6.45) is 3.91. The van der Waals surface area contributed by atoms with Gasteiger partial charge in [-0.15, -0.1) is 34.9 Å². The van der Waals surface area contributed by atoms with Crippen molar-refractivity contribution < 1.29 is 20.4 Å². The Morgan fingerprint density at radius 2 is 0.939 bits per heavy atom. The first-order valence-corrected chi connectivity index (χ1v) is 23.4. The van der Waals surface area contributed by atoms with Crippen molar-refractivity contribution >= 4 is 51.4 Å². The van der Waals surface area contributed by atoms with Gasteiger partial charge in [-0.2, -0.15) is 12.1 Å². The van der Waals surface area contributed by atoms with Crippen LogP contribution in [0.4, 0.5) is 51.4 Å². The predicted molar refractivity (Wildman–Crippen MR) is 270 cm³/mol. The van der Waals surface area contributed by atoms with Crippen molar-refractivity contribution in [3.05, 3.63) is 183 Å². The Labute approximate surface area is 407 Å². The molecule has 0 saturated heterocycles. The normalized spacial score (nSPS) is 17.5.